The molecule has 0 aliphatic heterocycles. The predicted molar refractivity (Wildman–Crippen MR) is 121 cm³/mol. The molecule has 1 amide bonds. The molecule has 0 spiro atoms. The van der Waals surface area contributed by atoms with Crippen LogP contribution >= 0.6 is 0 Å². The number of amides is 1. The summed E-state index contributed by atoms with van der Waals surface area (Å²) < 4.78 is 40.5. The van der Waals surface area contributed by atoms with Crippen LogP contribution in [0.4, 0.5) is 18.9 Å². The number of para-hydroxylation sites is 1. The maximum atomic E-state index is 12.9. The molecule has 0 atom stereocenters. The summed E-state index contributed by atoms with van der Waals surface area (Å²) >= 11 is 0. The van der Waals surface area contributed by atoms with Crippen LogP contribution in [0.1, 0.15) is 27.0 Å². The van der Waals surface area contributed by atoms with E-state index in [-0.39, 0.29) is 11.3 Å². The Hall–Kier alpha value is -4.47. The van der Waals surface area contributed by atoms with Gasteiger partial charge in [-0.05, 0) is 29.8 Å². The van der Waals surface area contributed by atoms with Crippen molar-refractivity contribution >= 4 is 28.7 Å². The number of halogens is 3. The van der Waals surface area contributed by atoms with Gasteiger partial charge in [0.2, 0.25) is 0 Å². The fraction of sp³-hybridized carbons (Fsp3) is 0.0833. The second-order valence-corrected chi connectivity index (χ2v) is 7.43. The Bertz CT molecular complexity index is 1410. The minimum Gasteiger partial charge on any atom is -0.342 e. The van der Waals surface area contributed by atoms with Crippen molar-refractivity contribution in [2.75, 3.05) is 0 Å². The minimum absolute atomic E-state index is 0.00643. The van der Waals surface area contributed by atoms with Gasteiger partial charge in [-0.15, -0.1) is 0 Å². The SMILES string of the molecule is O=C(N/N=C/c1cn(Cc2cccc([N+](=O)[O-])c2)c2ccccc12)c1cccc(C(F)(F)F)c1. The minimum atomic E-state index is -4.55. The number of non-ortho nitro benzene ring substituents is 1. The number of nitro benzene ring substituents is 1. The first-order valence-electron chi connectivity index (χ1n) is 10.0. The smallest absolute Gasteiger partial charge is 0.342 e. The lowest BCUT2D eigenvalue weighted by Gasteiger charge is -2.07. The number of carbonyl (C=O) groups is 1. The normalized spacial score (nSPS) is 11.7. The van der Waals surface area contributed by atoms with E-state index >= 15 is 0 Å². The van der Waals surface area contributed by atoms with E-state index in [1.165, 1.54) is 24.4 Å². The summed E-state index contributed by atoms with van der Waals surface area (Å²) in [5.41, 5.74) is 3.39. The number of aromatic nitrogens is 1. The van der Waals surface area contributed by atoms with Crippen molar-refractivity contribution in [1.29, 1.82) is 0 Å². The Kier molecular flexibility index (Phi) is 6.13. The van der Waals surface area contributed by atoms with Crippen molar-refractivity contribution in [1.82, 2.24) is 9.99 Å². The lowest BCUT2D eigenvalue weighted by atomic mass is 10.1. The average molecular weight is 466 g/mol. The van der Waals surface area contributed by atoms with Gasteiger partial charge in [-0.2, -0.15) is 18.3 Å². The molecule has 0 aliphatic carbocycles. The lowest BCUT2D eigenvalue weighted by Crippen LogP contribution is -2.18. The molecule has 0 unspecified atom stereocenters. The summed E-state index contributed by atoms with van der Waals surface area (Å²) in [4.78, 5) is 22.9. The van der Waals surface area contributed by atoms with Crippen LogP contribution in [0.25, 0.3) is 10.9 Å². The van der Waals surface area contributed by atoms with Gasteiger partial charge in [0, 0.05) is 46.9 Å². The number of carbonyl (C=O) groups excluding carboxylic acids is 1. The van der Waals surface area contributed by atoms with E-state index in [1.807, 2.05) is 28.8 Å². The average Bonchev–Trinajstić information content (AvgIpc) is 3.16. The number of hydrogen-bond acceptors (Lipinski definition) is 4. The van der Waals surface area contributed by atoms with Gasteiger partial charge in [-0.3, -0.25) is 14.9 Å². The van der Waals surface area contributed by atoms with Gasteiger partial charge in [0.05, 0.1) is 16.7 Å². The van der Waals surface area contributed by atoms with Gasteiger partial charge < -0.3 is 4.57 Å². The Balaban J connectivity index is 1.56. The first-order chi connectivity index (χ1) is 16.2. The molecule has 0 fully saturated rings. The van der Waals surface area contributed by atoms with Crippen LogP contribution in [0.2, 0.25) is 0 Å². The molecular weight excluding hydrogens is 449 g/mol. The van der Waals surface area contributed by atoms with Crippen LogP contribution in [0.15, 0.2) is 84.1 Å². The number of benzene rings is 3. The van der Waals surface area contributed by atoms with Crippen molar-refractivity contribution < 1.29 is 22.9 Å². The summed E-state index contributed by atoms with van der Waals surface area (Å²) in [6.45, 7) is 0.368. The number of alkyl halides is 3. The fourth-order valence-corrected chi connectivity index (χ4v) is 3.54. The molecule has 3 aromatic carbocycles. The molecule has 1 aromatic heterocycles. The molecule has 0 bridgehead atoms. The van der Waals surface area contributed by atoms with Gasteiger partial charge in [0.25, 0.3) is 11.6 Å². The van der Waals surface area contributed by atoms with E-state index in [9.17, 15) is 28.1 Å². The van der Waals surface area contributed by atoms with Crippen LogP contribution in [0, 0.1) is 10.1 Å². The molecule has 7 nitrogen and oxygen atoms in total. The Morgan fingerprint density at radius 3 is 2.59 bits per heavy atom. The van der Waals surface area contributed by atoms with Crippen molar-refractivity contribution in [2.45, 2.75) is 12.7 Å². The maximum absolute atomic E-state index is 12.9. The largest absolute Gasteiger partial charge is 0.416 e. The van der Waals surface area contributed by atoms with Crippen molar-refractivity contribution in [3.8, 4) is 0 Å². The maximum Gasteiger partial charge on any atom is 0.416 e. The van der Waals surface area contributed by atoms with E-state index in [4.69, 9.17) is 0 Å². The molecule has 0 saturated carbocycles. The van der Waals surface area contributed by atoms with Gasteiger partial charge in [0.15, 0.2) is 0 Å². The first kappa shape index (κ1) is 22.7. The zero-order chi connectivity index (χ0) is 24.3. The fourth-order valence-electron chi connectivity index (χ4n) is 3.54. The molecule has 172 valence electrons. The third-order valence-electron chi connectivity index (χ3n) is 5.12. The van der Waals surface area contributed by atoms with E-state index < -0.39 is 22.6 Å². The third-order valence-corrected chi connectivity index (χ3v) is 5.12. The monoisotopic (exact) mass is 466 g/mol. The molecule has 4 aromatic rings. The van der Waals surface area contributed by atoms with Gasteiger partial charge in [-0.25, -0.2) is 5.43 Å². The highest BCUT2D eigenvalue weighted by molar-refractivity contribution is 6.00. The lowest BCUT2D eigenvalue weighted by molar-refractivity contribution is -0.384. The summed E-state index contributed by atoms with van der Waals surface area (Å²) in [5.74, 6) is -0.775. The van der Waals surface area contributed by atoms with Crippen molar-refractivity contribution in [3.63, 3.8) is 0 Å². The molecule has 4 rings (SSSR count). The van der Waals surface area contributed by atoms with Crippen LogP contribution in [0.5, 0.6) is 0 Å². The van der Waals surface area contributed by atoms with E-state index in [2.05, 4.69) is 10.5 Å². The zero-order valence-corrected chi connectivity index (χ0v) is 17.5. The Morgan fingerprint density at radius 1 is 1.06 bits per heavy atom. The van der Waals surface area contributed by atoms with Gasteiger partial charge in [0.1, 0.15) is 0 Å². The number of nitrogens with one attached hydrogen (secondary N) is 1. The summed E-state index contributed by atoms with van der Waals surface area (Å²) in [7, 11) is 0. The highest BCUT2D eigenvalue weighted by Crippen LogP contribution is 2.29. The molecule has 10 heteroatoms. The standard InChI is InChI=1S/C24H17F3N4O3/c25-24(26,27)19-7-4-6-17(12-19)23(32)29-28-13-18-15-30(22-10-2-1-9-21(18)22)14-16-5-3-8-20(11-16)31(33)34/h1-13,15H,14H2,(H,29,32)/b28-13+. The number of hydrogen-bond donors (Lipinski definition) is 1. The molecule has 0 saturated heterocycles. The summed E-state index contributed by atoms with van der Waals surface area (Å²) in [6, 6.07) is 17.8. The van der Waals surface area contributed by atoms with Crippen LogP contribution in [0.3, 0.4) is 0 Å². The van der Waals surface area contributed by atoms with Crippen LogP contribution in [-0.2, 0) is 12.7 Å². The van der Waals surface area contributed by atoms with E-state index in [0.717, 1.165) is 34.7 Å². The van der Waals surface area contributed by atoms with Crippen molar-refractivity contribution in [3.05, 3.63) is 111 Å². The van der Waals surface area contributed by atoms with Crippen molar-refractivity contribution in [2.24, 2.45) is 5.10 Å². The number of nitrogens with zero attached hydrogens (tertiary/aromatic N) is 3. The molecule has 1 heterocycles. The number of nitro groups is 1. The zero-order valence-electron chi connectivity index (χ0n) is 17.5. The highest BCUT2D eigenvalue weighted by Gasteiger charge is 2.30. The number of hydrazone groups is 1. The predicted octanol–water partition coefficient (Wildman–Crippen LogP) is 5.38. The van der Waals surface area contributed by atoms with Gasteiger partial charge in [-0.1, -0.05) is 36.4 Å². The van der Waals surface area contributed by atoms with Gasteiger partial charge >= 0.3 is 6.18 Å². The molecule has 0 aliphatic rings. The summed E-state index contributed by atoms with van der Waals surface area (Å²) in [6.07, 6.45) is -1.37. The number of rotatable bonds is 6. The third kappa shape index (κ3) is 4.96. The second kappa shape index (κ2) is 9.18. The molecular formula is C24H17F3N4O3. The molecule has 0 radical (unpaired) electrons. The Morgan fingerprint density at radius 2 is 1.82 bits per heavy atom. The molecule has 1 N–H and O–H groups in total. The second-order valence-electron chi connectivity index (χ2n) is 7.43. The van der Waals surface area contributed by atoms with E-state index in [1.54, 1.807) is 18.3 Å². The quantitative estimate of drug-likeness (QED) is 0.235. The number of fused-ring (bicyclic) bond motifs is 1. The highest BCUT2D eigenvalue weighted by atomic mass is 19.4. The molecule has 34 heavy (non-hydrogen) atoms. The van der Waals surface area contributed by atoms with Crippen LogP contribution in [-0.4, -0.2) is 21.6 Å². The summed E-state index contributed by atoms with van der Waals surface area (Å²) in [5, 5.41) is 15.8. The van der Waals surface area contributed by atoms with Crippen LogP contribution < -0.4 is 5.43 Å². The Labute approximate surface area is 191 Å². The topological polar surface area (TPSA) is 89.5 Å². The first-order valence-corrected chi connectivity index (χ1v) is 10.0. The van der Waals surface area contributed by atoms with E-state index in [0.29, 0.717) is 12.1 Å².